The molecule has 8 heteroatoms. The summed E-state index contributed by atoms with van der Waals surface area (Å²) < 4.78 is 8.26. The first-order valence-corrected chi connectivity index (χ1v) is 10.2. The molecule has 8 nitrogen and oxygen atoms in total. The fourth-order valence-corrected chi connectivity index (χ4v) is 3.54. The summed E-state index contributed by atoms with van der Waals surface area (Å²) in [4.78, 5) is 30.9. The Morgan fingerprint density at radius 2 is 1.88 bits per heavy atom. The lowest BCUT2D eigenvalue weighted by atomic mass is 10.1. The zero-order valence-corrected chi connectivity index (χ0v) is 18.5. The van der Waals surface area contributed by atoms with Crippen LogP contribution in [0.25, 0.3) is 16.7 Å². The van der Waals surface area contributed by atoms with Crippen molar-refractivity contribution in [3.05, 3.63) is 81.7 Å². The molecule has 4 aromatic rings. The summed E-state index contributed by atoms with van der Waals surface area (Å²) in [5, 5.41) is 12.0. The predicted molar refractivity (Wildman–Crippen MR) is 122 cm³/mol. The maximum atomic E-state index is 13.2. The number of aromatic nitrogens is 3. The second-order valence-electron chi connectivity index (χ2n) is 8.63. The fraction of sp³-hybridized carbons (Fsp3) is 0.250. The van der Waals surface area contributed by atoms with E-state index >= 15 is 0 Å². The molecular formula is C24H25N5O3. The lowest BCUT2D eigenvalue weighted by Crippen LogP contribution is -2.43. The molecule has 1 amide bonds. The first-order chi connectivity index (χ1) is 15.2. The van der Waals surface area contributed by atoms with Gasteiger partial charge < -0.3 is 14.6 Å². The highest BCUT2D eigenvalue weighted by Gasteiger charge is 2.21. The molecule has 164 valence electrons. The highest BCUT2D eigenvalue weighted by atomic mass is 16.5. The van der Waals surface area contributed by atoms with Crippen molar-refractivity contribution in [1.82, 2.24) is 19.3 Å². The first-order valence-electron chi connectivity index (χ1n) is 10.2. The van der Waals surface area contributed by atoms with Crippen LogP contribution in [0.4, 0.5) is 0 Å². The summed E-state index contributed by atoms with van der Waals surface area (Å²) in [6.45, 7) is 5.87. The van der Waals surface area contributed by atoms with E-state index < -0.39 is 11.4 Å². The van der Waals surface area contributed by atoms with Gasteiger partial charge in [-0.3, -0.25) is 19.4 Å². The van der Waals surface area contributed by atoms with E-state index in [1.165, 1.54) is 10.5 Å². The minimum Gasteiger partial charge on any atom is -0.497 e. The molecule has 0 radical (unpaired) electrons. The topological polar surface area (TPSA) is 101 Å². The molecule has 0 atom stereocenters. The molecule has 1 aromatic carbocycles. The van der Waals surface area contributed by atoms with Crippen LogP contribution in [0.5, 0.6) is 5.75 Å². The minimum absolute atomic E-state index is 0.0118. The largest absolute Gasteiger partial charge is 0.497 e. The normalized spacial score (nSPS) is 11.6. The number of amides is 1. The van der Waals surface area contributed by atoms with Crippen molar-refractivity contribution in [1.29, 1.82) is 5.41 Å². The molecule has 3 heterocycles. The van der Waals surface area contributed by atoms with Gasteiger partial charge in [-0.1, -0.05) is 18.2 Å². The molecule has 4 rings (SSSR count). The van der Waals surface area contributed by atoms with Crippen LogP contribution in [0, 0.1) is 5.41 Å². The second kappa shape index (κ2) is 7.96. The van der Waals surface area contributed by atoms with Crippen molar-refractivity contribution in [2.24, 2.45) is 0 Å². The third-order valence-corrected chi connectivity index (χ3v) is 5.05. The van der Waals surface area contributed by atoms with Gasteiger partial charge in [-0.05, 0) is 56.7 Å². The van der Waals surface area contributed by atoms with Gasteiger partial charge in [-0.25, -0.2) is 4.98 Å². The first kappa shape index (κ1) is 21.3. The average molecular weight is 431 g/mol. The number of nitrogens with one attached hydrogen (secondary N) is 2. The SMILES string of the molecule is COc1ccc(Cn2c(=N)c(C(=O)NC(C)(C)C)cc3c(=O)n4ccccc4nc32)cc1. The number of methoxy groups -OCH3 is 1. The van der Waals surface area contributed by atoms with Crippen LogP contribution >= 0.6 is 0 Å². The Hall–Kier alpha value is -3.94. The maximum Gasteiger partial charge on any atom is 0.267 e. The number of ether oxygens (including phenoxy) is 1. The molecule has 0 unspecified atom stereocenters. The highest BCUT2D eigenvalue weighted by molar-refractivity contribution is 5.97. The number of nitrogens with zero attached hydrogens (tertiary/aromatic N) is 3. The number of fused-ring (bicyclic) bond motifs is 2. The van der Waals surface area contributed by atoms with Crippen LogP contribution < -0.4 is 21.1 Å². The van der Waals surface area contributed by atoms with Crippen LogP contribution in [-0.2, 0) is 6.54 Å². The Morgan fingerprint density at radius 1 is 1.16 bits per heavy atom. The molecule has 32 heavy (non-hydrogen) atoms. The molecule has 0 aliphatic heterocycles. The van der Waals surface area contributed by atoms with Crippen molar-refractivity contribution in [2.45, 2.75) is 32.9 Å². The highest BCUT2D eigenvalue weighted by Crippen LogP contribution is 2.15. The van der Waals surface area contributed by atoms with Gasteiger partial charge in [0, 0.05) is 11.7 Å². The third-order valence-electron chi connectivity index (χ3n) is 5.05. The van der Waals surface area contributed by atoms with Gasteiger partial charge in [0.05, 0.1) is 24.6 Å². The van der Waals surface area contributed by atoms with E-state index in [2.05, 4.69) is 10.3 Å². The van der Waals surface area contributed by atoms with E-state index in [-0.39, 0.29) is 28.5 Å². The van der Waals surface area contributed by atoms with E-state index in [0.29, 0.717) is 11.3 Å². The molecule has 3 aromatic heterocycles. The van der Waals surface area contributed by atoms with E-state index in [9.17, 15) is 9.59 Å². The molecule has 0 spiro atoms. The molecular weight excluding hydrogens is 406 g/mol. The van der Waals surface area contributed by atoms with Crippen LogP contribution in [0.15, 0.2) is 59.5 Å². The monoisotopic (exact) mass is 431 g/mol. The Morgan fingerprint density at radius 3 is 2.53 bits per heavy atom. The molecule has 0 aliphatic carbocycles. The lowest BCUT2D eigenvalue weighted by Gasteiger charge is -2.21. The van der Waals surface area contributed by atoms with E-state index in [1.807, 2.05) is 45.0 Å². The van der Waals surface area contributed by atoms with E-state index in [4.69, 9.17) is 10.1 Å². The van der Waals surface area contributed by atoms with Gasteiger partial charge in [-0.2, -0.15) is 0 Å². The number of carbonyl (C=O) groups is 1. The summed E-state index contributed by atoms with van der Waals surface area (Å²) in [7, 11) is 1.60. The summed E-state index contributed by atoms with van der Waals surface area (Å²) in [6.07, 6.45) is 1.64. The summed E-state index contributed by atoms with van der Waals surface area (Å²) >= 11 is 0. The Balaban J connectivity index is 1.99. The van der Waals surface area contributed by atoms with Crippen molar-refractivity contribution < 1.29 is 9.53 Å². The number of hydrogen-bond acceptors (Lipinski definition) is 5. The smallest absolute Gasteiger partial charge is 0.267 e. The van der Waals surface area contributed by atoms with Crippen molar-refractivity contribution in [3.8, 4) is 5.75 Å². The standard InChI is InChI=1S/C24H25N5O3/c1-24(2,3)27-22(30)17-13-18-21(26-19-7-5-6-12-28(19)23(18)31)29(20(17)25)14-15-8-10-16(32-4)11-9-15/h5-13,25H,14H2,1-4H3,(H,27,30). The molecule has 0 aliphatic rings. The number of benzene rings is 1. The van der Waals surface area contributed by atoms with Crippen molar-refractivity contribution in [3.63, 3.8) is 0 Å². The lowest BCUT2D eigenvalue weighted by molar-refractivity contribution is 0.0917. The van der Waals surface area contributed by atoms with E-state index in [0.717, 1.165) is 11.3 Å². The maximum absolute atomic E-state index is 13.2. The second-order valence-corrected chi connectivity index (χ2v) is 8.63. The quantitative estimate of drug-likeness (QED) is 0.485. The Labute approximate surface area is 184 Å². The van der Waals surface area contributed by atoms with Crippen LogP contribution in [0.1, 0.15) is 36.7 Å². The summed E-state index contributed by atoms with van der Waals surface area (Å²) in [6, 6.07) is 14.2. The number of pyridine rings is 2. The fourth-order valence-electron chi connectivity index (χ4n) is 3.54. The van der Waals surface area contributed by atoms with E-state index in [1.54, 1.807) is 36.1 Å². The third kappa shape index (κ3) is 3.99. The van der Waals surface area contributed by atoms with Crippen LogP contribution in [-0.4, -0.2) is 32.5 Å². The van der Waals surface area contributed by atoms with Crippen LogP contribution in [0.2, 0.25) is 0 Å². The predicted octanol–water partition coefficient (Wildman–Crippen LogP) is 2.71. The molecule has 0 bridgehead atoms. The number of hydrogen-bond donors (Lipinski definition) is 2. The van der Waals surface area contributed by atoms with Crippen molar-refractivity contribution in [2.75, 3.05) is 7.11 Å². The van der Waals surface area contributed by atoms with Crippen molar-refractivity contribution >= 4 is 22.6 Å². The van der Waals surface area contributed by atoms with Gasteiger partial charge in [-0.15, -0.1) is 0 Å². The van der Waals surface area contributed by atoms with Gasteiger partial charge in [0.1, 0.15) is 22.5 Å². The zero-order valence-electron chi connectivity index (χ0n) is 18.5. The number of rotatable bonds is 4. The van der Waals surface area contributed by atoms with Gasteiger partial charge >= 0.3 is 0 Å². The molecule has 0 saturated carbocycles. The summed E-state index contributed by atoms with van der Waals surface area (Å²) in [5.41, 5.74) is 1.04. The van der Waals surface area contributed by atoms with Gasteiger partial charge in [0.15, 0.2) is 0 Å². The van der Waals surface area contributed by atoms with Gasteiger partial charge in [0.2, 0.25) is 0 Å². The average Bonchev–Trinajstić information content (AvgIpc) is 2.75. The zero-order chi connectivity index (χ0) is 23.0. The van der Waals surface area contributed by atoms with Crippen LogP contribution in [0.3, 0.4) is 0 Å². The molecule has 2 N–H and O–H groups in total. The molecule has 0 fully saturated rings. The van der Waals surface area contributed by atoms with Gasteiger partial charge in [0.25, 0.3) is 11.5 Å². The Bertz CT molecular complexity index is 1440. The Kier molecular flexibility index (Phi) is 5.30. The molecule has 0 saturated heterocycles. The number of carbonyl (C=O) groups excluding carboxylic acids is 1. The summed E-state index contributed by atoms with van der Waals surface area (Å²) in [5.74, 6) is 0.306. The minimum atomic E-state index is -0.490.